The first kappa shape index (κ1) is 15.4. The molecule has 23 heavy (non-hydrogen) atoms. The molecule has 1 saturated carbocycles. The van der Waals surface area contributed by atoms with Crippen molar-refractivity contribution in [3.8, 4) is 0 Å². The maximum absolute atomic E-state index is 10.8. The Labute approximate surface area is 142 Å². The van der Waals surface area contributed by atoms with Crippen molar-refractivity contribution < 1.29 is 5.11 Å². The van der Waals surface area contributed by atoms with Gasteiger partial charge in [-0.15, -0.1) is 0 Å². The average Bonchev–Trinajstić information content (AvgIpc) is 2.83. The van der Waals surface area contributed by atoms with E-state index in [1.165, 1.54) is 12.8 Å². The minimum atomic E-state index is -0.408. The maximum atomic E-state index is 10.8. The lowest BCUT2D eigenvalue weighted by Crippen LogP contribution is -2.53. The van der Waals surface area contributed by atoms with Crippen LogP contribution in [0.4, 0.5) is 0 Å². The highest BCUT2D eigenvalue weighted by molar-refractivity contribution is 6.31. The fraction of sp³-hybridized carbons (Fsp3) is 0.611. The standard InChI is InChI=1S/C18H24ClN3O/c1-21-16-6-5-14(19)10-15(16)20-17(21)12-22-9-8-18(23)7-3-2-4-13(18)11-22/h5-6,10,13,23H,2-4,7-9,11-12H2,1H3. The maximum Gasteiger partial charge on any atom is 0.123 e. The smallest absolute Gasteiger partial charge is 0.123 e. The van der Waals surface area contributed by atoms with Gasteiger partial charge in [0.25, 0.3) is 0 Å². The van der Waals surface area contributed by atoms with Gasteiger partial charge in [0.2, 0.25) is 0 Å². The molecule has 1 aromatic carbocycles. The summed E-state index contributed by atoms with van der Waals surface area (Å²) in [5.74, 6) is 1.50. The van der Waals surface area contributed by atoms with Gasteiger partial charge in [0, 0.05) is 31.1 Å². The first-order chi connectivity index (χ1) is 11.0. The van der Waals surface area contributed by atoms with Crippen LogP contribution in [0.5, 0.6) is 0 Å². The third kappa shape index (κ3) is 2.77. The van der Waals surface area contributed by atoms with Gasteiger partial charge in [0.05, 0.1) is 23.2 Å². The number of halogens is 1. The Hall–Kier alpha value is -1.10. The molecule has 2 unspecified atom stereocenters. The van der Waals surface area contributed by atoms with E-state index in [-0.39, 0.29) is 0 Å². The Morgan fingerprint density at radius 3 is 3.09 bits per heavy atom. The van der Waals surface area contributed by atoms with Gasteiger partial charge < -0.3 is 9.67 Å². The first-order valence-corrected chi connectivity index (χ1v) is 8.98. The minimum absolute atomic E-state index is 0.408. The third-order valence-electron chi connectivity index (χ3n) is 5.81. The molecule has 0 radical (unpaired) electrons. The molecule has 1 saturated heterocycles. The molecule has 1 aliphatic heterocycles. The highest BCUT2D eigenvalue weighted by Crippen LogP contribution is 2.40. The molecule has 4 rings (SSSR count). The summed E-state index contributed by atoms with van der Waals surface area (Å²) >= 11 is 6.08. The summed E-state index contributed by atoms with van der Waals surface area (Å²) in [5.41, 5.74) is 1.67. The summed E-state index contributed by atoms with van der Waals surface area (Å²) in [5, 5.41) is 11.5. The second-order valence-electron chi connectivity index (χ2n) is 7.25. The largest absolute Gasteiger partial charge is 0.390 e. The molecule has 2 heterocycles. The van der Waals surface area contributed by atoms with E-state index in [1.807, 2.05) is 18.2 Å². The second-order valence-corrected chi connectivity index (χ2v) is 7.69. The van der Waals surface area contributed by atoms with Crippen molar-refractivity contribution in [3.63, 3.8) is 0 Å². The van der Waals surface area contributed by atoms with Crippen LogP contribution < -0.4 is 0 Å². The van der Waals surface area contributed by atoms with Crippen LogP contribution in [0.3, 0.4) is 0 Å². The van der Waals surface area contributed by atoms with E-state index >= 15 is 0 Å². The number of aryl methyl sites for hydroxylation is 1. The van der Waals surface area contributed by atoms with Gasteiger partial charge in [0.1, 0.15) is 5.82 Å². The number of aromatic nitrogens is 2. The zero-order chi connectivity index (χ0) is 16.0. The van der Waals surface area contributed by atoms with Crippen LogP contribution in [0.25, 0.3) is 11.0 Å². The number of nitrogens with zero attached hydrogens (tertiary/aromatic N) is 3. The third-order valence-corrected chi connectivity index (χ3v) is 6.05. The van der Waals surface area contributed by atoms with Gasteiger partial charge >= 0.3 is 0 Å². The molecule has 124 valence electrons. The van der Waals surface area contributed by atoms with Crippen molar-refractivity contribution >= 4 is 22.6 Å². The fourth-order valence-electron chi connectivity index (χ4n) is 4.35. The second kappa shape index (κ2) is 5.76. The molecule has 2 aromatic rings. The lowest BCUT2D eigenvalue weighted by molar-refractivity contribution is -0.0972. The summed E-state index contributed by atoms with van der Waals surface area (Å²) in [4.78, 5) is 7.21. The number of hydrogen-bond acceptors (Lipinski definition) is 3. The molecule has 2 atom stereocenters. The number of benzene rings is 1. The highest BCUT2D eigenvalue weighted by atomic mass is 35.5. The number of rotatable bonds is 2. The molecule has 4 nitrogen and oxygen atoms in total. The van der Waals surface area contributed by atoms with Gasteiger partial charge in [-0.25, -0.2) is 4.98 Å². The molecule has 0 bridgehead atoms. The van der Waals surface area contributed by atoms with Crippen LogP contribution in [0.2, 0.25) is 5.02 Å². The molecule has 2 aliphatic rings. The SMILES string of the molecule is Cn1c(CN2CCC3(O)CCCCC3C2)nc2cc(Cl)ccc21. The summed E-state index contributed by atoms with van der Waals surface area (Å²) in [7, 11) is 2.07. The van der Waals surface area contributed by atoms with Gasteiger partial charge in [-0.2, -0.15) is 0 Å². The van der Waals surface area contributed by atoms with Crippen LogP contribution >= 0.6 is 11.6 Å². The zero-order valence-electron chi connectivity index (χ0n) is 13.6. The van der Waals surface area contributed by atoms with E-state index in [9.17, 15) is 5.11 Å². The molecule has 1 aliphatic carbocycles. The van der Waals surface area contributed by atoms with Crippen LogP contribution in [0.1, 0.15) is 37.9 Å². The number of likely N-dealkylation sites (tertiary alicyclic amines) is 1. The molecule has 5 heteroatoms. The first-order valence-electron chi connectivity index (χ1n) is 8.61. The highest BCUT2D eigenvalue weighted by Gasteiger charge is 2.42. The number of imidazole rings is 1. The quantitative estimate of drug-likeness (QED) is 0.916. The number of hydrogen-bond donors (Lipinski definition) is 1. The molecular formula is C18H24ClN3O. The Bertz CT molecular complexity index is 728. The molecule has 1 aromatic heterocycles. The van der Waals surface area contributed by atoms with Crippen LogP contribution in [-0.2, 0) is 13.6 Å². The minimum Gasteiger partial charge on any atom is -0.390 e. The Balaban J connectivity index is 1.53. The van der Waals surface area contributed by atoms with Crippen molar-refractivity contribution in [3.05, 3.63) is 29.0 Å². The van der Waals surface area contributed by atoms with Gasteiger partial charge in [0.15, 0.2) is 0 Å². The molecule has 0 spiro atoms. The van der Waals surface area contributed by atoms with Crippen molar-refractivity contribution in [2.75, 3.05) is 13.1 Å². The molecular weight excluding hydrogens is 310 g/mol. The number of fused-ring (bicyclic) bond motifs is 2. The van der Waals surface area contributed by atoms with Crippen LogP contribution in [0, 0.1) is 5.92 Å². The van der Waals surface area contributed by atoms with Crippen LogP contribution in [0.15, 0.2) is 18.2 Å². The van der Waals surface area contributed by atoms with E-state index in [2.05, 4.69) is 16.5 Å². The van der Waals surface area contributed by atoms with Crippen molar-refractivity contribution in [1.29, 1.82) is 0 Å². The van der Waals surface area contributed by atoms with E-state index < -0.39 is 5.60 Å². The number of aliphatic hydroxyl groups is 1. The van der Waals surface area contributed by atoms with Crippen molar-refractivity contribution in [2.45, 2.75) is 44.2 Å². The molecule has 0 amide bonds. The van der Waals surface area contributed by atoms with E-state index in [0.717, 1.165) is 60.8 Å². The van der Waals surface area contributed by atoms with Gasteiger partial charge in [-0.1, -0.05) is 24.4 Å². The monoisotopic (exact) mass is 333 g/mol. The van der Waals surface area contributed by atoms with Gasteiger partial charge in [-0.05, 0) is 37.5 Å². The normalized spacial score (nSPS) is 28.9. The Kier molecular flexibility index (Phi) is 3.87. The summed E-state index contributed by atoms with van der Waals surface area (Å²) in [6, 6.07) is 5.87. The zero-order valence-corrected chi connectivity index (χ0v) is 14.4. The van der Waals surface area contributed by atoms with Crippen molar-refractivity contribution in [1.82, 2.24) is 14.5 Å². The Morgan fingerprint density at radius 1 is 1.35 bits per heavy atom. The van der Waals surface area contributed by atoms with E-state index in [4.69, 9.17) is 16.6 Å². The Morgan fingerprint density at radius 2 is 2.22 bits per heavy atom. The number of piperidine rings is 1. The summed E-state index contributed by atoms with van der Waals surface area (Å²) < 4.78 is 2.16. The van der Waals surface area contributed by atoms with Crippen LogP contribution in [-0.4, -0.2) is 38.2 Å². The fourth-order valence-corrected chi connectivity index (χ4v) is 4.51. The molecule has 2 fully saturated rings. The predicted molar refractivity (Wildman–Crippen MR) is 92.5 cm³/mol. The summed E-state index contributed by atoms with van der Waals surface area (Å²) in [6.07, 6.45) is 5.47. The van der Waals surface area contributed by atoms with Gasteiger partial charge in [-0.3, -0.25) is 4.90 Å². The average molecular weight is 334 g/mol. The summed E-state index contributed by atoms with van der Waals surface area (Å²) in [6.45, 7) is 2.78. The van der Waals surface area contributed by atoms with Crippen molar-refractivity contribution in [2.24, 2.45) is 13.0 Å². The lowest BCUT2D eigenvalue weighted by atomic mass is 9.71. The van der Waals surface area contributed by atoms with E-state index in [1.54, 1.807) is 0 Å². The lowest BCUT2D eigenvalue weighted by Gasteiger charge is -2.47. The molecule has 1 N–H and O–H groups in total. The topological polar surface area (TPSA) is 41.3 Å². The predicted octanol–water partition coefficient (Wildman–Crippen LogP) is 3.35. The van der Waals surface area contributed by atoms with E-state index in [0.29, 0.717) is 5.92 Å².